The van der Waals surface area contributed by atoms with E-state index in [4.69, 9.17) is 4.42 Å². The van der Waals surface area contributed by atoms with Gasteiger partial charge in [0.15, 0.2) is 5.43 Å². The van der Waals surface area contributed by atoms with Crippen molar-refractivity contribution in [3.8, 4) is 11.3 Å². The zero-order valence-corrected chi connectivity index (χ0v) is 12.2. The van der Waals surface area contributed by atoms with E-state index in [0.29, 0.717) is 16.5 Å². The van der Waals surface area contributed by atoms with Crippen molar-refractivity contribution in [1.29, 1.82) is 0 Å². The van der Waals surface area contributed by atoms with Crippen molar-refractivity contribution in [3.63, 3.8) is 0 Å². The van der Waals surface area contributed by atoms with Gasteiger partial charge in [0.05, 0.1) is 10.9 Å². The van der Waals surface area contributed by atoms with Gasteiger partial charge in [-0.05, 0) is 37.1 Å². The standard InChI is InChI=1S/C18H14O4/c1-10-7-8-14-15(19)9-16(22-17(14)11(10)2)12-5-3-4-6-13(12)18(20)21/h3-9H,1-2H3,(H,20,21). The molecule has 1 heterocycles. The summed E-state index contributed by atoms with van der Waals surface area (Å²) >= 11 is 0. The van der Waals surface area contributed by atoms with Crippen molar-refractivity contribution in [2.45, 2.75) is 13.8 Å². The Labute approximate surface area is 126 Å². The van der Waals surface area contributed by atoms with Gasteiger partial charge in [-0.3, -0.25) is 4.79 Å². The molecule has 0 aliphatic carbocycles. The number of aryl methyl sites for hydroxylation is 2. The molecule has 4 nitrogen and oxygen atoms in total. The summed E-state index contributed by atoms with van der Waals surface area (Å²) in [6, 6.07) is 11.4. The van der Waals surface area contributed by atoms with Crippen LogP contribution in [-0.2, 0) is 0 Å². The number of carbonyl (C=O) groups is 1. The highest BCUT2D eigenvalue weighted by molar-refractivity contribution is 5.95. The highest BCUT2D eigenvalue weighted by Gasteiger charge is 2.15. The first-order valence-corrected chi connectivity index (χ1v) is 6.86. The van der Waals surface area contributed by atoms with Crippen molar-refractivity contribution in [2.24, 2.45) is 0 Å². The third-order valence-corrected chi connectivity index (χ3v) is 3.84. The lowest BCUT2D eigenvalue weighted by Gasteiger charge is -2.09. The molecule has 1 aromatic heterocycles. The molecule has 0 saturated heterocycles. The molecule has 0 fully saturated rings. The Morgan fingerprint density at radius 3 is 2.55 bits per heavy atom. The number of aromatic carboxylic acids is 1. The Hall–Kier alpha value is -2.88. The van der Waals surface area contributed by atoms with E-state index in [1.807, 2.05) is 19.9 Å². The third-order valence-electron chi connectivity index (χ3n) is 3.84. The predicted octanol–water partition coefficient (Wildman–Crippen LogP) is 3.78. The van der Waals surface area contributed by atoms with Gasteiger partial charge in [-0.1, -0.05) is 24.3 Å². The number of fused-ring (bicyclic) bond motifs is 1. The fraction of sp³-hybridized carbons (Fsp3) is 0.111. The molecule has 0 radical (unpaired) electrons. The molecule has 0 saturated carbocycles. The average Bonchev–Trinajstić information content (AvgIpc) is 2.51. The number of carboxylic acid groups (broad SMARTS) is 1. The van der Waals surface area contributed by atoms with E-state index in [2.05, 4.69) is 0 Å². The van der Waals surface area contributed by atoms with Gasteiger partial charge < -0.3 is 9.52 Å². The lowest BCUT2D eigenvalue weighted by Crippen LogP contribution is -2.04. The highest BCUT2D eigenvalue weighted by atomic mass is 16.4. The molecule has 110 valence electrons. The summed E-state index contributed by atoms with van der Waals surface area (Å²) in [4.78, 5) is 23.7. The van der Waals surface area contributed by atoms with Crippen molar-refractivity contribution < 1.29 is 14.3 Å². The minimum absolute atomic E-state index is 0.107. The lowest BCUT2D eigenvalue weighted by molar-refractivity contribution is 0.0697. The molecule has 4 heteroatoms. The quantitative estimate of drug-likeness (QED) is 0.781. The molecule has 3 aromatic rings. The van der Waals surface area contributed by atoms with Crippen LogP contribution in [0, 0.1) is 13.8 Å². The zero-order chi connectivity index (χ0) is 15.9. The summed E-state index contributed by atoms with van der Waals surface area (Å²) in [5, 5.41) is 9.79. The minimum atomic E-state index is -1.06. The topological polar surface area (TPSA) is 67.5 Å². The normalized spacial score (nSPS) is 10.8. The van der Waals surface area contributed by atoms with Crippen LogP contribution in [0.25, 0.3) is 22.3 Å². The van der Waals surface area contributed by atoms with Crippen molar-refractivity contribution in [1.82, 2.24) is 0 Å². The second-order valence-electron chi connectivity index (χ2n) is 5.21. The Balaban J connectivity index is 2.37. The first-order chi connectivity index (χ1) is 10.5. The van der Waals surface area contributed by atoms with Crippen LogP contribution < -0.4 is 5.43 Å². The molecule has 2 aromatic carbocycles. The first kappa shape index (κ1) is 14.1. The van der Waals surface area contributed by atoms with Crippen LogP contribution in [-0.4, -0.2) is 11.1 Å². The second-order valence-corrected chi connectivity index (χ2v) is 5.21. The predicted molar refractivity (Wildman–Crippen MR) is 84.4 cm³/mol. The molecule has 0 bridgehead atoms. The van der Waals surface area contributed by atoms with Crippen LogP contribution in [0.5, 0.6) is 0 Å². The number of benzene rings is 2. The number of hydrogen-bond donors (Lipinski definition) is 1. The van der Waals surface area contributed by atoms with E-state index in [0.717, 1.165) is 11.1 Å². The molecular weight excluding hydrogens is 280 g/mol. The largest absolute Gasteiger partial charge is 0.478 e. The van der Waals surface area contributed by atoms with Crippen LogP contribution in [0.2, 0.25) is 0 Å². The van der Waals surface area contributed by atoms with Crippen LogP contribution in [0.3, 0.4) is 0 Å². The maximum absolute atomic E-state index is 12.3. The Kier molecular flexibility index (Phi) is 3.29. The van der Waals surface area contributed by atoms with Gasteiger partial charge in [-0.25, -0.2) is 4.79 Å². The summed E-state index contributed by atoms with van der Waals surface area (Å²) in [6.07, 6.45) is 0. The zero-order valence-electron chi connectivity index (χ0n) is 12.2. The fourth-order valence-electron chi connectivity index (χ4n) is 2.47. The van der Waals surface area contributed by atoms with Crippen LogP contribution in [0.1, 0.15) is 21.5 Å². The summed E-state index contributed by atoms with van der Waals surface area (Å²) in [7, 11) is 0. The van der Waals surface area contributed by atoms with E-state index in [-0.39, 0.29) is 16.8 Å². The Morgan fingerprint density at radius 2 is 1.82 bits per heavy atom. The highest BCUT2D eigenvalue weighted by Crippen LogP contribution is 2.27. The Bertz CT molecular complexity index is 951. The van der Waals surface area contributed by atoms with E-state index >= 15 is 0 Å². The van der Waals surface area contributed by atoms with Gasteiger partial charge in [-0.15, -0.1) is 0 Å². The van der Waals surface area contributed by atoms with Crippen molar-refractivity contribution >= 4 is 16.9 Å². The minimum Gasteiger partial charge on any atom is -0.478 e. The molecule has 0 atom stereocenters. The SMILES string of the molecule is Cc1ccc2c(=O)cc(-c3ccccc3C(=O)O)oc2c1C. The third kappa shape index (κ3) is 2.19. The van der Waals surface area contributed by atoms with Gasteiger partial charge in [0, 0.05) is 11.6 Å². The molecule has 0 aliphatic rings. The van der Waals surface area contributed by atoms with Gasteiger partial charge in [0.2, 0.25) is 0 Å². The maximum Gasteiger partial charge on any atom is 0.336 e. The lowest BCUT2D eigenvalue weighted by atomic mass is 10.0. The molecule has 0 unspecified atom stereocenters. The smallest absolute Gasteiger partial charge is 0.336 e. The Morgan fingerprint density at radius 1 is 1.09 bits per heavy atom. The molecule has 22 heavy (non-hydrogen) atoms. The molecule has 0 amide bonds. The van der Waals surface area contributed by atoms with Crippen LogP contribution >= 0.6 is 0 Å². The average molecular weight is 294 g/mol. The molecular formula is C18H14O4. The van der Waals surface area contributed by atoms with Gasteiger partial charge >= 0.3 is 5.97 Å². The monoisotopic (exact) mass is 294 g/mol. The van der Waals surface area contributed by atoms with E-state index in [9.17, 15) is 14.7 Å². The van der Waals surface area contributed by atoms with Crippen molar-refractivity contribution in [3.05, 3.63) is 69.4 Å². The summed E-state index contributed by atoms with van der Waals surface area (Å²) in [5.41, 5.74) is 2.72. The molecule has 0 spiro atoms. The fourth-order valence-corrected chi connectivity index (χ4v) is 2.47. The number of carboxylic acids is 1. The van der Waals surface area contributed by atoms with E-state index < -0.39 is 5.97 Å². The summed E-state index contributed by atoms with van der Waals surface area (Å²) in [5.74, 6) is -0.788. The number of hydrogen-bond acceptors (Lipinski definition) is 3. The summed E-state index contributed by atoms with van der Waals surface area (Å²) < 4.78 is 5.87. The molecule has 1 N–H and O–H groups in total. The second kappa shape index (κ2) is 5.15. The van der Waals surface area contributed by atoms with E-state index in [1.54, 1.807) is 24.3 Å². The van der Waals surface area contributed by atoms with Crippen LogP contribution in [0.4, 0.5) is 0 Å². The first-order valence-electron chi connectivity index (χ1n) is 6.86. The maximum atomic E-state index is 12.3. The van der Waals surface area contributed by atoms with Gasteiger partial charge in [0.1, 0.15) is 11.3 Å². The summed E-state index contributed by atoms with van der Waals surface area (Å²) in [6.45, 7) is 3.82. The van der Waals surface area contributed by atoms with Gasteiger partial charge in [-0.2, -0.15) is 0 Å². The van der Waals surface area contributed by atoms with E-state index in [1.165, 1.54) is 12.1 Å². The van der Waals surface area contributed by atoms with Crippen molar-refractivity contribution in [2.75, 3.05) is 0 Å². The number of rotatable bonds is 2. The van der Waals surface area contributed by atoms with Gasteiger partial charge in [0.25, 0.3) is 0 Å². The molecule has 0 aliphatic heterocycles. The molecule has 3 rings (SSSR count). The van der Waals surface area contributed by atoms with Crippen LogP contribution in [0.15, 0.2) is 51.7 Å².